The largest absolute Gasteiger partial charge is 0.485 e. The van der Waals surface area contributed by atoms with E-state index in [-0.39, 0.29) is 4.83 Å². The zero-order chi connectivity index (χ0) is 11.9. The first-order chi connectivity index (χ1) is 7.45. The van der Waals surface area contributed by atoms with Gasteiger partial charge in [0.2, 0.25) is 0 Å². The van der Waals surface area contributed by atoms with Gasteiger partial charge >= 0.3 is 0 Å². The zero-order valence-corrected chi connectivity index (χ0v) is 10.7. The van der Waals surface area contributed by atoms with Crippen molar-refractivity contribution >= 4 is 15.9 Å². The number of aliphatic hydroxyl groups excluding tert-OH is 1. The molecule has 4 heteroatoms. The minimum Gasteiger partial charge on any atom is -0.485 e. The maximum absolute atomic E-state index is 10.1. The highest BCUT2D eigenvalue weighted by Gasteiger charge is 2.41. The molecule has 1 aromatic carbocycles. The highest BCUT2D eigenvalue weighted by atomic mass is 79.9. The summed E-state index contributed by atoms with van der Waals surface area (Å²) < 4.78 is 5.71. The number of halogens is 1. The van der Waals surface area contributed by atoms with E-state index >= 15 is 0 Å². The summed E-state index contributed by atoms with van der Waals surface area (Å²) in [4.78, 5) is -0.209. The van der Waals surface area contributed by atoms with Crippen molar-refractivity contribution in [2.24, 2.45) is 0 Å². The second-order valence-corrected chi connectivity index (χ2v) is 5.40. The lowest BCUT2D eigenvalue weighted by atomic mass is 9.90. The lowest BCUT2D eigenvalue weighted by Gasteiger charge is -2.40. The molecule has 0 saturated heterocycles. The molecule has 1 aliphatic rings. The first-order valence-electron chi connectivity index (χ1n) is 5.01. The molecule has 0 saturated carbocycles. The summed E-state index contributed by atoms with van der Waals surface area (Å²) in [6.45, 7) is 3.68. The van der Waals surface area contributed by atoms with Crippen molar-refractivity contribution in [3.63, 3.8) is 0 Å². The first kappa shape index (κ1) is 11.4. The summed E-state index contributed by atoms with van der Waals surface area (Å²) in [7, 11) is 0. The van der Waals surface area contributed by atoms with E-state index in [1.54, 1.807) is 18.2 Å². The summed E-state index contributed by atoms with van der Waals surface area (Å²) in [6.07, 6.45) is -0.644. The smallest absolute Gasteiger partial charge is 0.131 e. The Morgan fingerprint density at radius 2 is 2.19 bits per heavy atom. The molecule has 1 aliphatic heterocycles. The standard InChI is InChI=1S/C12H12BrNO2/c1-12(2)11(15)10(13)8-5-7(6-14)3-4-9(8)16-12/h3-5,10-11,15H,1-2H3/t10-,11+/m1/s1. The van der Waals surface area contributed by atoms with E-state index < -0.39 is 11.7 Å². The van der Waals surface area contributed by atoms with Crippen LogP contribution in [0.25, 0.3) is 0 Å². The Morgan fingerprint density at radius 1 is 1.50 bits per heavy atom. The van der Waals surface area contributed by atoms with Gasteiger partial charge in [0, 0.05) is 5.56 Å². The molecule has 0 amide bonds. The second-order valence-electron chi connectivity index (χ2n) is 4.42. The third-order valence-electron chi connectivity index (χ3n) is 2.80. The lowest BCUT2D eigenvalue weighted by Crippen LogP contribution is -2.47. The van der Waals surface area contributed by atoms with Crippen molar-refractivity contribution in [3.8, 4) is 11.8 Å². The van der Waals surface area contributed by atoms with Crippen molar-refractivity contribution in [2.75, 3.05) is 0 Å². The molecule has 0 fully saturated rings. The Hall–Kier alpha value is -1.05. The second kappa shape index (κ2) is 3.76. The number of hydrogen-bond acceptors (Lipinski definition) is 3. The lowest BCUT2D eigenvalue weighted by molar-refractivity contribution is -0.0418. The molecule has 0 radical (unpaired) electrons. The number of rotatable bonds is 0. The molecule has 84 valence electrons. The summed E-state index contributed by atoms with van der Waals surface area (Å²) in [5.41, 5.74) is 0.763. The van der Waals surface area contributed by atoms with Crippen LogP contribution in [0.3, 0.4) is 0 Å². The Balaban J connectivity index is 2.52. The number of benzene rings is 1. The molecule has 0 spiro atoms. The van der Waals surface area contributed by atoms with Gasteiger partial charge in [-0.3, -0.25) is 0 Å². The Morgan fingerprint density at radius 3 is 2.81 bits per heavy atom. The molecule has 2 atom stereocenters. The van der Waals surface area contributed by atoms with E-state index in [4.69, 9.17) is 10.00 Å². The number of alkyl halides is 1. The van der Waals surface area contributed by atoms with Crippen molar-refractivity contribution in [3.05, 3.63) is 29.3 Å². The van der Waals surface area contributed by atoms with Gasteiger partial charge in [-0.2, -0.15) is 5.26 Å². The molecule has 3 nitrogen and oxygen atoms in total. The normalized spacial score (nSPS) is 26.4. The van der Waals surface area contributed by atoms with E-state index in [0.717, 1.165) is 11.3 Å². The molecular formula is C12H12BrNO2. The fraction of sp³-hybridized carbons (Fsp3) is 0.417. The van der Waals surface area contributed by atoms with Gasteiger partial charge in [-0.25, -0.2) is 0 Å². The number of ether oxygens (including phenoxy) is 1. The summed E-state index contributed by atoms with van der Waals surface area (Å²) >= 11 is 3.45. The Labute approximate surface area is 103 Å². The van der Waals surface area contributed by atoms with Gasteiger partial charge < -0.3 is 9.84 Å². The Kier molecular flexibility index (Phi) is 2.69. The van der Waals surface area contributed by atoms with Crippen LogP contribution in [-0.2, 0) is 0 Å². The summed E-state index contributed by atoms with van der Waals surface area (Å²) in [5, 5.41) is 18.9. The minimum absolute atomic E-state index is 0.209. The predicted octanol–water partition coefficient (Wildman–Crippen LogP) is 2.53. The maximum atomic E-state index is 10.1. The van der Waals surface area contributed by atoms with Gasteiger partial charge in [-0.1, -0.05) is 15.9 Å². The van der Waals surface area contributed by atoms with Gasteiger partial charge in [0.05, 0.1) is 16.5 Å². The highest BCUT2D eigenvalue weighted by molar-refractivity contribution is 9.09. The molecule has 1 N–H and O–H groups in total. The molecule has 1 heterocycles. The molecule has 0 aromatic heterocycles. The third kappa shape index (κ3) is 1.70. The van der Waals surface area contributed by atoms with E-state index in [0.29, 0.717) is 5.56 Å². The number of fused-ring (bicyclic) bond motifs is 1. The maximum Gasteiger partial charge on any atom is 0.131 e. The van der Waals surface area contributed by atoms with Gasteiger partial charge in [-0.05, 0) is 32.0 Å². The molecule has 16 heavy (non-hydrogen) atoms. The van der Waals surface area contributed by atoms with E-state index in [1.165, 1.54) is 0 Å². The van der Waals surface area contributed by atoms with Gasteiger partial charge in [0.1, 0.15) is 17.5 Å². The van der Waals surface area contributed by atoms with Crippen LogP contribution in [0.2, 0.25) is 0 Å². The number of nitriles is 1. The highest BCUT2D eigenvalue weighted by Crippen LogP contribution is 2.44. The van der Waals surface area contributed by atoms with Crippen molar-refractivity contribution in [1.29, 1.82) is 5.26 Å². The SMILES string of the molecule is CC1(C)Oc2ccc(C#N)cc2[C@@H](Br)[C@@H]1O. The monoisotopic (exact) mass is 281 g/mol. The number of hydrogen-bond donors (Lipinski definition) is 1. The number of nitrogens with zero attached hydrogens (tertiary/aromatic N) is 1. The van der Waals surface area contributed by atoms with Crippen LogP contribution in [0.1, 0.15) is 29.8 Å². The van der Waals surface area contributed by atoms with Gasteiger partial charge in [0.15, 0.2) is 0 Å². The van der Waals surface area contributed by atoms with Gasteiger partial charge in [0.25, 0.3) is 0 Å². The minimum atomic E-state index is -0.644. The zero-order valence-electron chi connectivity index (χ0n) is 9.07. The fourth-order valence-corrected chi connectivity index (χ4v) is 2.79. The quantitative estimate of drug-likeness (QED) is 0.744. The fourth-order valence-electron chi connectivity index (χ4n) is 1.79. The van der Waals surface area contributed by atoms with Crippen LogP contribution in [0, 0.1) is 11.3 Å². The van der Waals surface area contributed by atoms with Crippen molar-refractivity contribution in [1.82, 2.24) is 0 Å². The molecule has 2 rings (SSSR count). The summed E-state index contributed by atoms with van der Waals surface area (Å²) in [6, 6.07) is 7.31. The van der Waals surface area contributed by atoms with E-state index in [1.807, 2.05) is 13.8 Å². The third-order valence-corrected chi connectivity index (χ3v) is 3.79. The molecular weight excluding hydrogens is 270 g/mol. The van der Waals surface area contributed by atoms with Crippen LogP contribution >= 0.6 is 15.9 Å². The van der Waals surface area contributed by atoms with Crippen LogP contribution in [0.5, 0.6) is 5.75 Å². The molecule has 0 bridgehead atoms. The van der Waals surface area contributed by atoms with Crippen molar-refractivity contribution in [2.45, 2.75) is 30.4 Å². The number of aliphatic hydroxyl groups is 1. The summed E-state index contributed by atoms with van der Waals surface area (Å²) in [5.74, 6) is 0.719. The van der Waals surface area contributed by atoms with Crippen molar-refractivity contribution < 1.29 is 9.84 Å². The first-order valence-corrected chi connectivity index (χ1v) is 5.92. The average Bonchev–Trinajstić information content (AvgIpc) is 2.25. The van der Waals surface area contributed by atoms with Gasteiger partial charge in [-0.15, -0.1) is 0 Å². The molecule has 0 unspecified atom stereocenters. The average molecular weight is 282 g/mol. The molecule has 1 aromatic rings. The van der Waals surface area contributed by atoms with Crippen LogP contribution in [-0.4, -0.2) is 16.8 Å². The predicted molar refractivity (Wildman–Crippen MR) is 63.5 cm³/mol. The van der Waals surface area contributed by atoms with E-state index in [9.17, 15) is 5.11 Å². The Bertz CT molecular complexity index is 465. The topological polar surface area (TPSA) is 53.2 Å². The van der Waals surface area contributed by atoms with Crippen LogP contribution < -0.4 is 4.74 Å². The van der Waals surface area contributed by atoms with E-state index in [2.05, 4.69) is 22.0 Å². The van der Waals surface area contributed by atoms with Crippen LogP contribution in [0.15, 0.2) is 18.2 Å². The molecule has 0 aliphatic carbocycles. The van der Waals surface area contributed by atoms with Crippen LogP contribution in [0.4, 0.5) is 0 Å².